The van der Waals surface area contributed by atoms with Gasteiger partial charge >= 0.3 is 0 Å². The summed E-state index contributed by atoms with van der Waals surface area (Å²) in [7, 11) is 0. The normalized spacial score (nSPS) is 24.5. The van der Waals surface area contributed by atoms with E-state index in [1.54, 1.807) is 4.90 Å². The van der Waals surface area contributed by atoms with Crippen LogP contribution in [0.5, 0.6) is 5.75 Å². The molecule has 1 atom stereocenters. The molecule has 0 saturated carbocycles. The summed E-state index contributed by atoms with van der Waals surface area (Å²) in [5.74, 6) is 0.754. The van der Waals surface area contributed by atoms with Gasteiger partial charge in [0.2, 0.25) is 5.91 Å². The maximum absolute atomic E-state index is 12.9. The first-order valence-electron chi connectivity index (χ1n) is 9.60. The fraction of sp³-hybridized carbons (Fsp3) is 0.650. The van der Waals surface area contributed by atoms with Gasteiger partial charge in [0.05, 0.1) is 32.8 Å². The van der Waals surface area contributed by atoms with Gasteiger partial charge < -0.3 is 24.4 Å². The number of rotatable bonds is 6. The van der Waals surface area contributed by atoms with Crippen LogP contribution in [-0.4, -0.2) is 79.0 Å². The number of carbonyl (C=O) groups excluding carboxylic acids is 1. The van der Waals surface area contributed by atoms with Crippen LogP contribution in [0.1, 0.15) is 25.3 Å². The highest BCUT2D eigenvalue weighted by Crippen LogP contribution is 2.22. The molecule has 0 radical (unpaired) electrons. The lowest BCUT2D eigenvalue weighted by Crippen LogP contribution is -2.53. The molecule has 2 aliphatic rings. The fourth-order valence-electron chi connectivity index (χ4n) is 3.80. The maximum atomic E-state index is 12.9. The SMILES string of the molecule is CCOc1ccccc1CC(=O)N1CCOC[C@@](O)(CN2CCCC2)C1. The van der Waals surface area contributed by atoms with Crippen molar-refractivity contribution in [1.82, 2.24) is 9.80 Å². The predicted octanol–water partition coefficient (Wildman–Crippen LogP) is 1.31. The maximum Gasteiger partial charge on any atom is 0.227 e. The Balaban J connectivity index is 1.66. The number of β-amino-alcohol motifs (C(OH)–C–C–N with tert-alkyl or cyclic N) is 1. The molecule has 144 valence electrons. The first-order chi connectivity index (χ1) is 12.6. The van der Waals surface area contributed by atoms with Crippen molar-refractivity contribution >= 4 is 5.91 Å². The third kappa shape index (κ3) is 4.96. The molecule has 0 aliphatic carbocycles. The summed E-state index contributed by atoms with van der Waals surface area (Å²) in [5.41, 5.74) is -0.122. The number of ether oxygens (including phenoxy) is 2. The van der Waals surface area contributed by atoms with E-state index in [0.29, 0.717) is 32.8 Å². The van der Waals surface area contributed by atoms with E-state index in [9.17, 15) is 9.90 Å². The van der Waals surface area contributed by atoms with E-state index in [1.807, 2.05) is 31.2 Å². The Morgan fingerprint density at radius 2 is 2.04 bits per heavy atom. The van der Waals surface area contributed by atoms with Crippen molar-refractivity contribution in [2.24, 2.45) is 0 Å². The largest absolute Gasteiger partial charge is 0.494 e. The average molecular weight is 362 g/mol. The average Bonchev–Trinajstić information content (AvgIpc) is 3.04. The standard InChI is InChI=1S/C20H30N2O4/c1-2-26-18-8-4-3-7-17(18)13-19(23)22-11-12-25-16-20(24,15-22)14-21-9-5-6-10-21/h3-4,7-8,24H,2,5-6,9-16H2,1H3/t20-/m1/s1. The minimum Gasteiger partial charge on any atom is -0.494 e. The summed E-state index contributed by atoms with van der Waals surface area (Å²) in [5, 5.41) is 11.1. The van der Waals surface area contributed by atoms with Crippen LogP contribution < -0.4 is 4.74 Å². The molecule has 2 heterocycles. The van der Waals surface area contributed by atoms with Crippen LogP contribution in [0.15, 0.2) is 24.3 Å². The molecule has 2 saturated heterocycles. The molecule has 0 aromatic heterocycles. The van der Waals surface area contributed by atoms with Crippen LogP contribution in [0.25, 0.3) is 0 Å². The molecule has 0 unspecified atom stereocenters. The minimum absolute atomic E-state index is 0.00231. The third-order valence-electron chi connectivity index (χ3n) is 5.04. The van der Waals surface area contributed by atoms with Crippen LogP contribution in [0.3, 0.4) is 0 Å². The molecule has 6 nitrogen and oxygen atoms in total. The van der Waals surface area contributed by atoms with E-state index in [2.05, 4.69) is 4.90 Å². The molecule has 3 rings (SSSR count). The second-order valence-corrected chi connectivity index (χ2v) is 7.29. The topological polar surface area (TPSA) is 62.2 Å². The van der Waals surface area contributed by atoms with Crippen molar-refractivity contribution in [1.29, 1.82) is 0 Å². The fourth-order valence-corrected chi connectivity index (χ4v) is 3.80. The molecule has 2 fully saturated rings. The molecule has 0 bridgehead atoms. The van der Waals surface area contributed by atoms with Crippen molar-refractivity contribution < 1.29 is 19.4 Å². The van der Waals surface area contributed by atoms with E-state index in [-0.39, 0.29) is 18.9 Å². The molecule has 1 amide bonds. The molecule has 1 N–H and O–H groups in total. The van der Waals surface area contributed by atoms with Gasteiger partial charge in [0.1, 0.15) is 11.4 Å². The Morgan fingerprint density at radius 1 is 1.27 bits per heavy atom. The summed E-state index contributed by atoms with van der Waals surface area (Å²) in [6.45, 7) is 6.66. The zero-order valence-electron chi connectivity index (χ0n) is 15.7. The van der Waals surface area contributed by atoms with Crippen molar-refractivity contribution in [3.05, 3.63) is 29.8 Å². The second-order valence-electron chi connectivity index (χ2n) is 7.29. The number of para-hydroxylation sites is 1. The van der Waals surface area contributed by atoms with Crippen LogP contribution in [0, 0.1) is 0 Å². The summed E-state index contributed by atoms with van der Waals surface area (Å²) in [4.78, 5) is 16.9. The van der Waals surface area contributed by atoms with Gasteiger partial charge in [-0.15, -0.1) is 0 Å². The number of likely N-dealkylation sites (tertiary alicyclic amines) is 1. The zero-order chi connectivity index (χ0) is 18.4. The monoisotopic (exact) mass is 362 g/mol. The van der Waals surface area contributed by atoms with Crippen LogP contribution in [-0.2, 0) is 16.0 Å². The molecular weight excluding hydrogens is 332 g/mol. The summed E-state index contributed by atoms with van der Waals surface area (Å²) >= 11 is 0. The van der Waals surface area contributed by atoms with Gasteiger partial charge in [-0.25, -0.2) is 0 Å². The molecule has 1 aromatic carbocycles. The lowest BCUT2D eigenvalue weighted by Gasteiger charge is -2.34. The van der Waals surface area contributed by atoms with E-state index in [4.69, 9.17) is 9.47 Å². The highest BCUT2D eigenvalue weighted by molar-refractivity contribution is 5.79. The second kappa shape index (κ2) is 8.84. The molecular formula is C20H30N2O4. The van der Waals surface area contributed by atoms with E-state index in [0.717, 1.165) is 24.4 Å². The van der Waals surface area contributed by atoms with Gasteiger partial charge in [-0.2, -0.15) is 0 Å². The van der Waals surface area contributed by atoms with Gasteiger partial charge in [0.15, 0.2) is 0 Å². The minimum atomic E-state index is -1.00. The molecule has 0 spiro atoms. The lowest BCUT2D eigenvalue weighted by molar-refractivity contribution is -0.133. The van der Waals surface area contributed by atoms with Gasteiger partial charge in [-0.05, 0) is 38.9 Å². The summed E-state index contributed by atoms with van der Waals surface area (Å²) in [6.07, 6.45) is 2.62. The quantitative estimate of drug-likeness (QED) is 0.827. The summed E-state index contributed by atoms with van der Waals surface area (Å²) < 4.78 is 11.2. The first kappa shape index (κ1) is 19.1. The number of carbonyl (C=O) groups is 1. The highest BCUT2D eigenvalue weighted by Gasteiger charge is 2.36. The van der Waals surface area contributed by atoms with Crippen molar-refractivity contribution in [3.8, 4) is 5.75 Å². The number of benzene rings is 1. The summed E-state index contributed by atoms with van der Waals surface area (Å²) in [6, 6.07) is 7.64. The van der Waals surface area contributed by atoms with Gasteiger partial charge in [0.25, 0.3) is 0 Å². The van der Waals surface area contributed by atoms with Gasteiger partial charge in [-0.3, -0.25) is 4.79 Å². The number of nitrogens with zero attached hydrogens (tertiary/aromatic N) is 2. The predicted molar refractivity (Wildman–Crippen MR) is 99.3 cm³/mol. The Bertz CT molecular complexity index is 603. The number of hydrogen-bond donors (Lipinski definition) is 1. The Kier molecular flexibility index (Phi) is 6.51. The third-order valence-corrected chi connectivity index (χ3v) is 5.04. The van der Waals surface area contributed by atoms with Gasteiger partial charge in [-0.1, -0.05) is 18.2 Å². The van der Waals surface area contributed by atoms with Crippen molar-refractivity contribution in [2.45, 2.75) is 31.8 Å². The first-order valence-corrected chi connectivity index (χ1v) is 9.60. The molecule has 1 aromatic rings. The Morgan fingerprint density at radius 3 is 2.81 bits per heavy atom. The van der Waals surface area contributed by atoms with E-state index < -0.39 is 5.60 Å². The van der Waals surface area contributed by atoms with Crippen molar-refractivity contribution in [2.75, 3.05) is 52.5 Å². The smallest absolute Gasteiger partial charge is 0.227 e. The highest BCUT2D eigenvalue weighted by atomic mass is 16.5. The van der Waals surface area contributed by atoms with E-state index >= 15 is 0 Å². The Labute approximate surface area is 155 Å². The lowest BCUT2D eigenvalue weighted by atomic mass is 10.0. The molecule has 26 heavy (non-hydrogen) atoms. The van der Waals surface area contributed by atoms with Crippen molar-refractivity contribution in [3.63, 3.8) is 0 Å². The molecule has 6 heteroatoms. The number of hydrogen-bond acceptors (Lipinski definition) is 5. The number of amides is 1. The van der Waals surface area contributed by atoms with E-state index in [1.165, 1.54) is 12.8 Å². The van der Waals surface area contributed by atoms with Gasteiger partial charge in [0, 0.05) is 18.7 Å². The van der Waals surface area contributed by atoms with Crippen LogP contribution in [0.2, 0.25) is 0 Å². The zero-order valence-corrected chi connectivity index (χ0v) is 15.7. The molecule has 2 aliphatic heterocycles. The van der Waals surface area contributed by atoms with Crippen LogP contribution >= 0.6 is 0 Å². The Hall–Kier alpha value is -1.63. The van der Waals surface area contributed by atoms with Crippen LogP contribution in [0.4, 0.5) is 0 Å². The number of aliphatic hydroxyl groups is 1.